The van der Waals surface area contributed by atoms with Gasteiger partial charge in [0.1, 0.15) is 12.4 Å². The molecule has 0 radical (unpaired) electrons. The van der Waals surface area contributed by atoms with Crippen molar-refractivity contribution in [2.45, 2.75) is 26.1 Å². The molecule has 1 aliphatic heterocycles. The number of fused-ring (bicyclic) bond motifs is 4. The average molecular weight is 510 g/mol. The molecular formula is C25H18F3N5O2S. The number of aromatic nitrogens is 4. The zero-order valence-electron chi connectivity index (χ0n) is 19.1. The van der Waals surface area contributed by atoms with Crippen LogP contribution in [0.2, 0.25) is 0 Å². The van der Waals surface area contributed by atoms with E-state index in [0.717, 1.165) is 27.5 Å². The van der Waals surface area contributed by atoms with E-state index >= 15 is 0 Å². The molecule has 0 aliphatic carbocycles. The maximum absolute atomic E-state index is 13.4. The minimum atomic E-state index is -4.49. The zero-order chi connectivity index (χ0) is 25.2. The third-order valence-electron chi connectivity index (χ3n) is 6.19. The molecule has 0 bridgehead atoms. The quantitative estimate of drug-likeness (QED) is 0.314. The van der Waals surface area contributed by atoms with Gasteiger partial charge >= 0.3 is 12.2 Å². The van der Waals surface area contributed by atoms with Crippen LogP contribution < -0.4 is 10.1 Å². The Morgan fingerprint density at radius 2 is 1.97 bits per heavy atom. The van der Waals surface area contributed by atoms with Crippen molar-refractivity contribution in [2.24, 2.45) is 0 Å². The third-order valence-corrected chi connectivity index (χ3v) is 7.28. The summed E-state index contributed by atoms with van der Waals surface area (Å²) in [6, 6.07) is 11.9. The maximum Gasteiger partial charge on any atom is 0.443 e. The fraction of sp³-hybridized carbons (Fsp3) is 0.200. The molecule has 2 aromatic carbocycles. The Hall–Kier alpha value is -3.99. The SMILES string of the molecule is Cc1nc2ccccc2c2c1c(C)nn2C(=O)N[C@@H]1COc2cc(-c3cnc(C(F)(F)F)s3)ccc21. The summed E-state index contributed by atoms with van der Waals surface area (Å²) < 4.78 is 45.9. The fourth-order valence-corrected chi connectivity index (χ4v) is 5.38. The number of amides is 1. The van der Waals surface area contributed by atoms with Crippen molar-refractivity contribution in [3.05, 3.63) is 70.6 Å². The van der Waals surface area contributed by atoms with E-state index < -0.39 is 23.3 Å². The second kappa shape index (κ2) is 8.02. The number of rotatable bonds is 2. The standard InChI is InChI=1S/C25H18F3N5O2S/c1-12-21-13(2)32-33(22(21)16-5-3-4-6-17(16)30-12)24(34)31-18-11-35-19-9-14(7-8-15(18)19)20-10-29-23(36-20)25(26,27)28/h3-10,18H,11H2,1-2H3,(H,31,34)/t18-/m1/s1. The second-order valence-electron chi connectivity index (χ2n) is 8.53. The van der Waals surface area contributed by atoms with Gasteiger partial charge in [0.2, 0.25) is 0 Å². The lowest BCUT2D eigenvalue weighted by Gasteiger charge is -2.13. The number of nitrogens with zero attached hydrogens (tertiary/aromatic N) is 4. The zero-order valence-corrected chi connectivity index (χ0v) is 19.9. The monoisotopic (exact) mass is 509 g/mol. The van der Waals surface area contributed by atoms with Crippen LogP contribution in [-0.4, -0.2) is 32.4 Å². The minimum absolute atomic E-state index is 0.195. The molecule has 0 saturated carbocycles. The van der Waals surface area contributed by atoms with Crippen LogP contribution in [0.5, 0.6) is 5.75 Å². The maximum atomic E-state index is 13.4. The second-order valence-corrected chi connectivity index (χ2v) is 9.56. The number of halogens is 3. The summed E-state index contributed by atoms with van der Waals surface area (Å²) in [6.07, 6.45) is -3.28. The summed E-state index contributed by atoms with van der Waals surface area (Å²) in [5, 5.41) is 8.24. The highest BCUT2D eigenvalue weighted by Crippen LogP contribution is 2.40. The van der Waals surface area contributed by atoms with E-state index in [1.807, 2.05) is 38.1 Å². The Kier molecular flexibility index (Phi) is 5.01. The van der Waals surface area contributed by atoms with E-state index in [1.54, 1.807) is 18.2 Å². The highest BCUT2D eigenvalue weighted by molar-refractivity contribution is 7.15. The normalized spacial score (nSPS) is 15.3. The molecule has 1 N–H and O–H groups in total. The number of ether oxygens (including phenoxy) is 1. The Labute approximate surface area is 206 Å². The van der Waals surface area contributed by atoms with Gasteiger partial charge < -0.3 is 10.1 Å². The molecular weight excluding hydrogens is 491 g/mol. The Bertz CT molecular complexity index is 1670. The van der Waals surface area contributed by atoms with Crippen molar-refractivity contribution in [3.63, 3.8) is 0 Å². The number of nitrogens with one attached hydrogen (secondary N) is 1. The summed E-state index contributed by atoms with van der Waals surface area (Å²) in [5.74, 6) is 0.506. The number of benzene rings is 2. The summed E-state index contributed by atoms with van der Waals surface area (Å²) >= 11 is 0.574. The lowest BCUT2D eigenvalue weighted by molar-refractivity contribution is -0.137. The highest BCUT2D eigenvalue weighted by Gasteiger charge is 2.35. The molecule has 4 heterocycles. The van der Waals surface area contributed by atoms with Crippen molar-refractivity contribution in [1.82, 2.24) is 25.1 Å². The van der Waals surface area contributed by atoms with Gasteiger partial charge in [0.05, 0.1) is 27.6 Å². The van der Waals surface area contributed by atoms with Crippen LogP contribution in [0.25, 0.3) is 32.2 Å². The van der Waals surface area contributed by atoms with E-state index in [9.17, 15) is 18.0 Å². The van der Waals surface area contributed by atoms with Crippen LogP contribution in [0.15, 0.2) is 48.7 Å². The fourth-order valence-electron chi connectivity index (χ4n) is 4.60. The van der Waals surface area contributed by atoms with Gasteiger partial charge in [-0.3, -0.25) is 4.98 Å². The van der Waals surface area contributed by atoms with Gasteiger partial charge in [-0.05, 0) is 31.5 Å². The number of carbonyl (C=O) groups excluding carboxylic acids is 1. The van der Waals surface area contributed by atoms with Crippen molar-refractivity contribution < 1.29 is 22.7 Å². The van der Waals surface area contributed by atoms with Gasteiger partial charge in [-0.1, -0.05) is 30.3 Å². The van der Waals surface area contributed by atoms with Crippen molar-refractivity contribution in [2.75, 3.05) is 6.61 Å². The molecule has 6 rings (SSSR count). The molecule has 3 aromatic heterocycles. The lowest BCUT2D eigenvalue weighted by atomic mass is 10.1. The van der Waals surface area contributed by atoms with E-state index in [-0.39, 0.29) is 6.61 Å². The Morgan fingerprint density at radius 3 is 2.75 bits per heavy atom. The predicted octanol–water partition coefficient (Wildman–Crippen LogP) is 6.04. The summed E-state index contributed by atoms with van der Waals surface area (Å²) in [6.45, 7) is 3.93. The molecule has 1 aliphatic rings. The molecule has 11 heteroatoms. The number of hydrogen-bond donors (Lipinski definition) is 1. The summed E-state index contributed by atoms with van der Waals surface area (Å²) in [7, 11) is 0. The van der Waals surface area contributed by atoms with Crippen LogP contribution in [-0.2, 0) is 6.18 Å². The molecule has 7 nitrogen and oxygen atoms in total. The molecule has 1 atom stereocenters. The van der Waals surface area contributed by atoms with Gasteiger partial charge in [0.15, 0.2) is 5.01 Å². The van der Waals surface area contributed by atoms with Crippen LogP contribution in [0.3, 0.4) is 0 Å². The number of hydrogen-bond acceptors (Lipinski definition) is 6. The lowest BCUT2D eigenvalue weighted by Crippen LogP contribution is -2.33. The average Bonchev–Trinajstić information content (AvgIpc) is 3.56. The van der Waals surface area contributed by atoms with Gasteiger partial charge in [-0.25, -0.2) is 9.78 Å². The smallest absolute Gasteiger partial charge is 0.443 e. The summed E-state index contributed by atoms with van der Waals surface area (Å²) in [4.78, 5) is 21.9. The largest absolute Gasteiger partial charge is 0.491 e. The van der Waals surface area contributed by atoms with Gasteiger partial charge in [0, 0.05) is 28.2 Å². The molecule has 182 valence electrons. The van der Waals surface area contributed by atoms with Gasteiger partial charge in [0.25, 0.3) is 0 Å². The first-order valence-electron chi connectivity index (χ1n) is 11.1. The molecule has 0 fully saturated rings. The predicted molar refractivity (Wildman–Crippen MR) is 129 cm³/mol. The number of thiazole rings is 1. The Morgan fingerprint density at radius 1 is 1.17 bits per heavy atom. The first-order chi connectivity index (χ1) is 17.2. The van der Waals surface area contributed by atoms with Crippen LogP contribution >= 0.6 is 11.3 Å². The van der Waals surface area contributed by atoms with Gasteiger partial charge in [-0.15, -0.1) is 11.3 Å². The van der Waals surface area contributed by atoms with E-state index in [2.05, 4.69) is 20.4 Å². The Balaban J connectivity index is 1.31. The molecule has 1 amide bonds. The number of aryl methyl sites for hydroxylation is 2. The van der Waals surface area contributed by atoms with Crippen molar-refractivity contribution in [1.29, 1.82) is 0 Å². The molecule has 36 heavy (non-hydrogen) atoms. The van der Waals surface area contributed by atoms with Crippen molar-refractivity contribution in [3.8, 4) is 16.2 Å². The minimum Gasteiger partial charge on any atom is -0.491 e. The number of carbonyl (C=O) groups is 1. The number of pyridine rings is 1. The van der Waals surface area contributed by atoms with Crippen LogP contribution in [0, 0.1) is 13.8 Å². The third kappa shape index (κ3) is 3.58. The molecule has 0 unspecified atom stereocenters. The highest BCUT2D eigenvalue weighted by atomic mass is 32.1. The van der Waals surface area contributed by atoms with E-state index in [0.29, 0.717) is 38.7 Å². The molecule has 0 saturated heterocycles. The van der Waals surface area contributed by atoms with E-state index in [4.69, 9.17) is 4.74 Å². The van der Waals surface area contributed by atoms with Crippen LogP contribution in [0.4, 0.5) is 18.0 Å². The van der Waals surface area contributed by atoms with Crippen LogP contribution in [0.1, 0.15) is 28.0 Å². The molecule has 5 aromatic rings. The number of para-hydroxylation sites is 1. The van der Waals surface area contributed by atoms with Gasteiger partial charge in [-0.2, -0.15) is 23.0 Å². The summed E-state index contributed by atoms with van der Waals surface area (Å²) in [5.41, 5.74) is 4.26. The topological polar surface area (TPSA) is 81.9 Å². The van der Waals surface area contributed by atoms with E-state index in [1.165, 1.54) is 10.9 Å². The number of alkyl halides is 3. The van der Waals surface area contributed by atoms with Crippen molar-refractivity contribution >= 4 is 39.2 Å². The molecule has 0 spiro atoms. The first-order valence-corrected chi connectivity index (χ1v) is 11.9. The first kappa shape index (κ1) is 22.5.